The SMILES string of the molecule is C[C@H](Nc1nc(F)cc(C[C@H](CO)[C@@H](C)OC(C)(C)C)n1)c1cnn(-c2ccc(Cl)cc2)c1. The third-order valence-electron chi connectivity index (χ3n) is 5.20. The lowest BCUT2D eigenvalue weighted by Crippen LogP contribution is -2.33. The number of anilines is 1. The van der Waals surface area contributed by atoms with Gasteiger partial charge in [0.2, 0.25) is 11.9 Å². The predicted molar refractivity (Wildman–Crippen MR) is 127 cm³/mol. The van der Waals surface area contributed by atoms with Crippen molar-refractivity contribution in [1.82, 2.24) is 19.7 Å². The van der Waals surface area contributed by atoms with Crippen LogP contribution >= 0.6 is 11.6 Å². The van der Waals surface area contributed by atoms with E-state index in [2.05, 4.69) is 20.4 Å². The Balaban J connectivity index is 1.71. The monoisotopic (exact) mass is 475 g/mol. The molecule has 0 spiro atoms. The Bertz CT molecular complexity index is 1050. The molecule has 0 aliphatic heterocycles. The summed E-state index contributed by atoms with van der Waals surface area (Å²) in [6.07, 6.45) is 3.76. The second kappa shape index (κ2) is 10.6. The van der Waals surface area contributed by atoms with Crippen molar-refractivity contribution in [2.24, 2.45) is 5.92 Å². The number of hydrogen-bond acceptors (Lipinski definition) is 6. The number of nitrogens with one attached hydrogen (secondary N) is 1. The van der Waals surface area contributed by atoms with Crippen molar-refractivity contribution in [2.45, 2.75) is 58.8 Å². The van der Waals surface area contributed by atoms with Gasteiger partial charge in [0.25, 0.3) is 0 Å². The first-order chi connectivity index (χ1) is 15.5. The van der Waals surface area contributed by atoms with E-state index in [1.54, 1.807) is 23.0 Å². The molecule has 3 rings (SSSR count). The first-order valence-electron chi connectivity index (χ1n) is 10.9. The molecule has 7 nitrogen and oxygen atoms in total. The molecule has 2 N–H and O–H groups in total. The summed E-state index contributed by atoms with van der Waals surface area (Å²) in [5.74, 6) is -0.674. The standard InChI is InChI=1S/C24H31ClFN5O2/c1-15(18-12-27-31(13-18)21-8-6-19(25)7-9-21)28-23-29-20(11-22(26)30-23)10-17(14-32)16(2)33-24(3,4)5/h6-9,11-13,15-17,32H,10,14H2,1-5H3,(H,28,29,30)/t15-,16+,17+/m0/s1. The molecule has 0 aliphatic rings. The van der Waals surface area contributed by atoms with Crippen LogP contribution in [0.25, 0.3) is 5.69 Å². The highest BCUT2D eigenvalue weighted by Crippen LogP contribution is 2.22. The zero-order valence-electron chi connectivity index (χ0n) is 19.6. The van der Waals surface area contributed by atoms with E-state index in [0.717, 1.165) is 11.3 Å². The third-order valence-corrected chi connectivity index (χ3v) is 5.45. The van der Waals surface area contributed by atoms with Gasteiger partial charge in [-0.25, -0.2) is 9.67 Å². The Morgan fingerprint density at radius 2 is 1.88 bits per heavy atom. The van der Waals surface area contributed by atoms with Crippen LogP contribution in [0.3, 0.4) is 0 Å². The first-order valence-corrected chi connectivity index (χ1v) is 11.3. The van der Waals surface area contributed by atoms with E-state index >= 15 is 0 Å². The second-order valence-electron chi connectivity index (χ2n) is 9.15. The van der Waals surface area contributed by atoms with Crippen molar-refractivity contribution in [2.75, 3.05) is 11.9 Å². The third kappa shape index (κ3) is 7.22. The minimum atomic E-state index is -0.632. The van der Waals surface area contributed by atoms with Gasteiger partial charge in [-0.15, -0.1) is 0 Å². The van der Waals surface area contributed by atoms with Gasteiger partial charge >= 0.3 is 0 Å². The fourth-order valence-corrected chi connectivity index (χ4v) is 3.63. The van der Waals surface area contributed by atoms with Gasteiger partial charge in [-0.3, -0.25) is 0 Å². The molecule has 178 valence electrons. The van der Waals surface area contributed by atoms with Crippen LogP contribution < -0.4 is 5.32 Å². The van der Waals surface area contributed by atoms with Crippen LogP contribution in [0.1, 0.15) is 51.9 Å². The molecule has 2 heterocycles. The van der Waals surface area contributed by atoms with Crippen molar-refractivity contribution in [3.63, 3.8) is 0 Å². The van der Waals surface area contributed by atoms with E-state index in [9.17, 15) is 9.50 Å². The lowest BCUT2D eigenvalue weighted by molar-refractivity contribution is -0.0841. The molecular weight excluding hydrogens is 445 g/mol. The fraction of sp³-hybridized carbons (Fsp3) is 0.458. The molecule has 33 heavy (non-hydrogen) atoms. The summed E-state index contributed by atoms with van der Waals surface area (Å²) in [6.45, 7) is 9.62. The zero-order valence-corrected chi connectivity index (χ0v) is 20.3. The summed E-state index contributed by atoms with van der Waals surface area (Å²) in [7, 11) is 0. The summed E-state index contributed by atoms with van der Waals surface area (Å²) in [5.41, 5.74) is 1.92. The van der Waals surface area contributed by atoms with Crippen LogP contribution in [-0.4, -0.2) is 43.2 Å². The van der Waals surface area contributed by atoms with Crippen molar-refractivity contribution in [1.29, 1.82) is 0 Å². The highest BCUT2D eigenvalue weighted by Gasteiger charge is 2.24. The Labute approximate surface area is 199 Å². The van der Waals surface area contributed by atoms with Gasteiger partial charge in [-0.2, -0.15) is 14.5 Å². The van der Waals surface area contributed by atoms with Crippen molar-refractivity contribution in [3.8, 4) is 5.69 Å². The molecule has 9 heteroatoms. The average molecular weight is 476 g/mol. The molecule has 0 saturated carbocycles. The molecular formula is C24H31ClFN5O2. The largest absolute Gasteiger partial charge is 0.396 e. The molecule has 3 atom stereocenters. The van der Waals surface area contributed by atoms with Crippen molar-refractivity contribution in [3.05, 3.63) is 65.0 Å². The molecule has 0 amide bonds. The summed E-state index contributed by atoms with van der Waals surface area (Å²) in [5, 5.41) is 18.0. The smallest absolute Gasteiger partial charge is 0.226 e. The number of ether oxygens (including phenoxy) is 1. The Morgan fingerprint density at radius 3 is 2.52 bits per heavy atom. The molecule has 1 aromatic carbocycles. The van der Waals surface area contributed by atoms with Gasteiger partial charge in [0, 0.05) is 41.1 Å². The minimum absolute atomic E-state index is 0.0914. The van der Waals surface area contributed by atoms with Crippen LogP contribution in [-0.2, 0) is 11.2 Å². The number of nitrogens with zero attached hydrogens (tertiary/aromatic N) is 4. The maximum Gasteiger partial charge on any atom is 0.226 e. The topological polar surface area (TPSA) is 85.1 Å². The fourth-order valence-electron chi connectivity index (χ4n) is 3.51. The van der Waals surface area contributed by atoms with Crippen LogP contribution in [0.2, 0.25) is 5.02 Å². The summed E-state index contributed by atoms with van der Waals surface area (Å²) in [6, 6.07) is 8.44. The number of rotatable bonds is 9. The maximum atomic E-state index is 14.3. The lowest BCUT2D eigenvalue weighted by Gasteiger charge is -2.30. The number of benzene rings is 1. The van der Waals surface area contributed by atoms with E-state index < -0.39 is 5.95 Å². The van der Waals surface area contributed by atoms with Crippen LogP contribution in [0.5, 0.6) is 0 Å². The molecule has 0 unspecified atom stereocenters. The number of aliphatic hydroxyl groups excluding tert-OH is 1. The highest BCUT2D eigenvalue weighted by atomic mass is 35.5. The van der Waals surface area contributed by atoms with E-state index in [0.29, 0.717) is 17.1 Å². The van der Waals surface area contributed by atoms with E-state index in [4.69, 9.17) is 16.3 Å². The Morgan fingerprint density at radius 1 is 1.18 bits per heavy atom. The van der Waals surface area contributed by atoms with Gasteiger partial charge in [0.1, 0.15) is 0 Å². The Kier molecular flexibility index (Phi) is 8.05. The maximum absolute atomic E-state index is 14.3. The lowest BCUT2D eigenvalue weighted by atomic mass is 9.97. The Hall–Kier alpha value is -2.55. The molecule has 0 saturated heterocycles. The molecule has 0 bridgehead atoms. The molecule has 2 aromatic heterocycles. The van der Waals surface area contributed by atoms with Crippen LogP contribution in [0.15, 0.2) is 42.7 Å². The normalized spacial score (nSPS) is 14.7. The number of hydrogen-bond donors (Lipinski definition) is 2. The summed E-state index contributed by atoms with van der Waals surface area (Å²) in [4.78, 5) is 8.36. The van der Waals surface area contributed by atoms with E-state index in [1.165, 1.54) is 6.07 Å². The average Bonchev–Trinajstić information content (AvgIpc) is 3.21. The molecule has 0 fully saturated rings. The second-order valence-corrected chi connectivity index (χ2v) is 9.58. The van der Waals surface area contributed by atoms with Gasteiger partial charge in [-0.05, 0) is 65.3 Å². The summed E-state index contributed by atoms with van der Waals surface area (Å²) < 4.78 is 22.0. The molecule has 3 aromatic rings. The highest BCUT2D eigenvalue weighted by molar-refractivity contribution is 6.30. The minimum Gasteiger partial charge on any atom is -0.396 e. The first kappa shape index (κ1) is 25.1. The van der Waals surface area contributed by atoms with Gasteiger partial charge in [0.15, 0.2) is 0 Å². The van der Waals surface area contributed by atoms with E-state index in [-0.39, 0.29) is 36.2 Å². The quantitative estimate of drug-likeness (QED) is 0.424. The van der Waals surface area contributed by atoms with Crippen molar-refractivity contribution >= 4 is 17.5 Å². The number of aromatic nitrogens is 4. The van der Waals surface area contributed by atoms with Gasteiger partial charge in [0.05, 0.1) is 29.6 Å². The number of halogens is 2. The number of aliphatic hydroxyl groups is 1. The van der Waals surface area contributed by atoms with Crippen molar-refractivity contribution < 1.29 is 14.2 Å². The van der Waals surface area contributed by atoms with Gasteiger partial charge in [-0.1, -0.05) is 11.6 Å². The summed E-state index contributed by atoms with van der Waals surface area (Å²) >= 11 is 5.95. The van der Waals surface area contributed by atoms with Crippen LogP contribution in [0, 0.1) is 11.9 Å². The molecule has 0 aliphatic carbocycles. The molecule has 0 radical (unpaired) electrons. The van der Waals surface area contributed by atoms with Gasteiger partial charge < -0.3 is 15.2 Å². The predicted octanol–water partition coefficient (Wildman–Crippen LogP) is 4.98. The zero-order chi connectivity index (χ0) is 24.2. The van der Waals surface area contributed by atoms with Crippen LogP contribution in [0.4, 0.5) is 10.3 Å². The van der Waals surface area contributed by atoms with E-state index in [1.807, 2.05) is 52.9 Å².